The summed E-state index contributed by atoms with van der Waals surface area (Å²) in [5.74, 6) is 0. The van der Waals surface area contributed by atoms with Crippen molar-refractivity contribution in [1.82, 2.24) is 15.1 Å². The zero-order valence-electron chi connectivity index (χ0n) is 14.4. The normalized spacial score (nSPS) is 13.9. The molecule has 1 aromatic carbocycles. The molecule has 0 spiro atoms. The van der Waals surface area contributed by atoms with Crippen LogP contribution in [0, 0.1) is 0 Å². The van der Waals surface area contributed by atoms with Gasteiger partial charge in [-0.15, -0.1) is 0 Å². The second kappa shape index (κ2) is 6.08. The molecule has 3 nitrogen and oxygen atoms in total. The molecular formula is C19H25N3S. The molecule has 1 aliphatic carbocycles. The number of nitrogens with one attached hydrogen (secondary N) is 1. The summed E-state index contributed by atoms with van der Waals surface area (Å²) in [6.45, 7) is 7.46. The van der Waals surface area contributed by atoms with Gasteiger partial charge in [-0.1, -0.05) is 57.3 Å². The summed E-state index contributed by atoms with van der Waals surface area (Å²) in [4.78, 5) is 0.808. The van der Waals surface area contributed by atoms with Crippen LogP contribution in [0.2, 0.25) is 0 Å². The van der Waals surface area contributed by atoms with Gasteiger partial charge in [0.15, 0.2) is 0 Å². The Morgan fingerprint density at radius 3 is 2.57 bits per heavy atom. The lowest BCUT2D eigenvalue weighted by atomic mass is 9.87. The number of hydrogen-bond acceptors (Lipinski definition) is 2. The topological polar surface area (TPSA) is 29.9 Å². The van der Waals surface area contributed by atoms with E-state index in [0.717, 1.165) is 30.1 Å². The van der Waals surface area contributed by atoms with Crippen LogP contribution in [0.4, 0.5) is 0 Å². The molecule has 0 amide bonds. The van der Waals surface area contributed by atoms with Crippen LogP contribution in [0.15, 0.2) is 24.3 Å². The van der Waals surface area contributed by atoms with Gasteiger partial charge in [-0.3, -0.25) is 4.68 Å². The predicted octanol–water partition coefficient (Wildman–Crippen LogP) is 3.67. The number of fused-ring (bicyclic) bond motifs is 1. The first-order valence-electron chi connectivity index (χ1n) is 8.28. The molecule has 2 aromatic rings. The van der Waals surface area contributed by atoms with E-state index in [-0.39, 0.29) is 5.41 Å². The highest BCUT2D eigenvalue weighted by molar-refractivity contribution is 7.80. The van der Waals surface area contributed by atoms with Gasteiger partial charge in [0.1, 0.15) is 4.99 Å². The Balaban J connectivity index is 1.68. The van der Waals surface area contributed by atoms with Gasteiger partial charge in [0.2, 0.25) is 0 Å². The van der Waals surface area contributed by atoms with Crippen LogP contribution in [-0.4, -0.2) is 14.8 Å². The first kappa shape index (κ1) is 16.2. The van der Waals surface area contributed by atoms with E-state index in [9.17, 15) is 0 Å². The number of rotatable bonds is 3. The average Bonchev–Trinajstić information content (AvgIpc) is 3.04. The molecule has 1 heterocycles. The van der Waals surface area contributed by atoms with Gasteiger partial charge in [0, 0.05) is 19.2 Å². The zero-order chi connectivity index (χ0) is 16.6. The molecule has 0 radical (unpaired) electrons. The van der Waals surface area contributed by atoms with Gasteiger partial charge in [-0.2, -0.15) is 5.10 Å². The number of hydrogen-bond donors (Lipinski definition) is 1. The number of aromatic nitrogens is 2. The second-order valence-corrected chi connectivity index (χ2v) is 7.79. The maximum absolute atomic E-state index is 5.62. The summed E-state index contributed by atoms with van der Waals surface area (Å²) in [6, 6.07) is 8.79. The molecule has 122 valence electrons. The standard InChI is InChI=1S/C19H25N3S/c1-19(2,3)14-10-8-13(9-11-14)12-20-18(23)17-15-6-5-7-16(15)21-22(17)4/h8-11H,5-7,12H2,1-4H3,(H,20,23). The van der Waals surface area contributed by atoms with Crippen molar-refractivity contribution in [2.24, 2.45) is 7.05 Å². The van der Waals surface area contributed by atoms with Gasteiger partial charge in [-0.25, -0.2) is 0 Å². The first-order valence-corrected chi connectivity index (χ1v) is 8.69. The fraction of sp³-hybridized carbons (Fsp3) is 0.474. The van der Waals surface area contributed by atoms with E-state index >= 15 is 0 Å². The Bertz CT molecular complexity index is 720. The van der Waals surface area contributed by atoms with Gasteiger partial charge in [-0.05, 0) is 35.8 Å². The largest absolute Gasteiger partial charge is 0.370 e. The Kier molecular flexibility index (Phi) is 4.28. The molecule has 0 aliphatic heterocycles. The van der Waals surface area contributed by atoms with Crippen molar-refractivity contribution >= 4 is 17.2 Å². The molecule has 0 fully saturated rings. The zero-order valence-corrected chi connectivity index (χ0v) is 15.3. The SMILES string of the molecule is Cn1nc2c(c1C(=S)NCc1ccc(C(C)(C)C)cc1)CCC2. The first-order chi connectivity index (χ1) is 10.9. The minimum atomic E-state index is 0.191. The molecule has 3 rings (SSSR count). The molecule has 0 unspecified atom stereocenters. The Morgan fingerprint density at radius 2 is 1.91 bits per heavy atom. The third-order valence-electron chi connectivity index (χ3n) is 4.56. The highest BCUT2D eigenvalue weighted by atomic mass is 32.1. The van der Waals surface area contributed by atoms with Crippen molar-refractivity contribution in [3.05, 3.63) is 52.3 Å². The Morgan fingerprint density at radius 1 is 1.22 bits per heavy atom. The summed E-state index contributed by atoms with van der Waals surface area (Å²) < 4.78 is 1.93. The van der Waals surface area contributed by atoms with Crippen LogP contribution >= 0.6 is 12.2 Å². The van der Waals surface area contributed by atoms with Crippen molar-refractivity contribution < 1.29 is 0 Å². The summed E-state index contributed by atoms with van der Waals surface area (Å²) >= 11 is 5.62. The lowest BCUT2D eigenvalue weighted by Gasteiger charge is -2.19. The van der Waals surface area contributed by atoms with Crippen molar-refractivity contribution in [3.8, 4) is 0 Å². The molecule has 0 bridgehead atoms. The molecule has 4 heteroatoms. The minimum Gasteiger partial charge on any atom is -0.370 e. The third kappa shape index (κ3) is 3.32. The minimum absolute atomic E-state index is 0.191. The van der Waals surface area contributed by atoms with E-state index in [1.54, 1.807) is 0 Å². The average molecular weight is 327 g/mol. The molecule has 23 heavy (non-hydrogen) atoms. The second-order valence-electron chi connectivity index (χ2n) is 7.38. The van der Waals surface area contributed by atoms with Crippen molar-refractivity contribution in [2.45, 2.75) is 52.0 Å². The predicted molar refractivity (Wildman–Crippen MR) is 98.9 cm³/mol. The van der Waals surface area contributed by atoms with Crippen molar-refractivity contribution in [3.63, 3.8) is 0 Å². The van der Waals surface area contributed by atoms with Crippen LogP contribution in [0.5, 0.6) is 0 Å². The maximum atomic E-state index is 5.62. The van der Waals surface area contributed by atoms with E-state index in [1.165, 1.54) is 28.8 Å². The summed E-state index contributed by atoms with van der Waals surface area (Å²) in [7, 11) is 1.99. The van der Waals surface area contributed by atoms with E-state index in [4.69, 9.17) is 12.2 Å². The van der Waals surface area contributed by atoms with Crippen LogP contribution < -0.4 is 5.32 Å². The van der Waals surface area contributed by atoms with E-state index < -0.39 is 0 Å². The number of benzene rings is 1. The van der Waals surface area contributed by atoms with Crippen LogP contribution in [0.1, 0.15) is 55.3 Å². The summed E-state index contributed by atoms with van der Waals surface area (Å²) in [6.07, 6.45) is 3.38. The molecule has 0 atom stereocenters. The number of thiocarbonyl (C=S) groups is 1. The van der Waals surface area contributed by atoms with E-state index in [0.29, 0.717) is 0 Å². The van der Waals surface area contributed by atoms with Crippen LogP contribution in [-0.2, 0) is 31.8 Å². The van der Waals surface area contributed by atoms with Gasteiger partial charge in [0.25, 0.3) is 0 Å². The van der Waals surface area contributed by atoms with E-state index in [1.807, 2.05) is 11.7 Å². The molecule has 1 aliphatic rings. The van der Waals surface area contributed by atoms with Gasteiger partial charge in [0.05, 0.1) is 11.4 Å². The van der Waals surface area contributed by atoms with Gasteiger partial charge >= 0.3 is 0 Å². The molecular weight excluding hydrogens is 302 g/mol. The van der Waals surface area contributed by atoms with Crippen molar-refractivity contribution in [1.29, 1.82) is 0 Å². The fourth-order valence-electron chi connectivity index (χ4n) is 3.19. The summed E-state index contributed by atoms with van der Waals surface area (Å²) in [5.41, 5.74) is 6.46. The van der Waals surface area contributed by atoms with Crippen LogP contribution in [0.3, 0.4) is 0 Å². The van der Waals surface area contributed by atoms with Crippen molar-refractivity contribution in [2.75, 3.05) is 0 Å². The highest BCUT2D eigenvalue weighted by Crippen LogP contribution is 2.25. The molecule has 0 saturated carbocycles. The fourth-order valence-corrected chi connectivity index (χ4v) is 3.52. The quantitative estimate of drug-likeness (QED) is 0.872. The number of nitrogens with zero attached hydrogens (tertiary/aromatic N) is 2. The molecule has 1 N–H and O–H groups in total. The number of aryl methyl sites for hydroxylation is 2. The lowest BCUT2D eigenvalue weighted by molar-refractivity contribution is 0.590. The third-order valence-corrected chi connectivity index (χ3v) is 4.89. The highest BCUT2D eigenvalue weighted by Gasteiger charge is 2.23. The molecule has 0 saturated heterocycles. The monoisotopic (exact) mass is 327 g/mol. The summed E-state index contributed by atoms with van der Waals surface area (Å²) in [5, 5.41) is 8.00. The van der Waals surface area contributed by atoms with Gasteiger partial charge < -0.3 is 5.32 Å². The van der Waals surface area contributed by atoms with Crippen LogP contribution in [0.25, 0.3) is 0 Å². The Hall–Kier alpha value is -1.68. The Labute approximate surface area is 144 Å². The molecule has 1 aromatic heterocycles. The smallest absolute Gasteiger partial charge is 0.125 e. The van der Waals surface area contributed by atoms with E-state index in [2.05, 4.69) is 55.5 Å². The maximum Gasteiger partial charge on any atom is 0.125 e. The lowest BCUT2D eigenvalue weighted by Crippen LogP contribution is -2.25.